The van der Waals surface area contributed by atoms with Crippen LogP contribution in [0.1, 0.15) is 49.7 Å². The second-order valence-corrected chi connectivity index (χ2v) is 8.85. The Hall–Kier alpha value is -3.35. The lowest BCUT2D eigenvalue weighted by molar-refractivity contribution is -0.139. The molecular formula is C26H30N2O5. The summed E-state index contributed by atoms with van der Waals surface area (Å²) in [5, 5.41) is 14.5. The second-order valence-electron chi connectivity index (χ2n) is 8.85. The molecule has 1 fully saturated rings. The van der Waals surface area contributed by atoms with Gasteiger partial charge < -0.3 is 20.5 Å². The van der Waals surface area contributed by atoms with Crippen molar-refractivity contribution in [3.05, 3.63) is 59.7 Å². The number of carbonyl (C=O) groups is 3. The molecular weight excluding hydrogens is 420 g/mol. The summed E-state index contributed by atoms with van der Waals surface area (Å²) in [6, 6.07) is 15.5. The molecule has 2 amide bonds. The van der Waals surface area contributed by atoms with Gasteiger partial charge in [0.05, 0.1) is 5.92 Å². The highest BCUT2D eigenvalue weighted by atomic mass is 16.5. The first-order chi connectivity index (χ1) is 16.0. The third-order valence-electron chi connectivity index (χ3n) is 6.58. The van der Waals surface area contributed by atoms with Crippen LogP contribution in [0.4, 0.5) is 4.79 Å². The summed E-state index contributed by atoms with van der Waals surface area (Å²) < 4.78 is 5.58. The quantitative estimate of drug-likeness (QED) is 0.509. The van der Waals surface area contributed by atoms with Crippen LogP contribution in [0.25, 0.3) is 11.1 Å². The van der Waals surface area contributed by atoms with Gasteiger partial charge in [-0.3, -0.25) is 9.59 Å². The van der Waals surface area contributed by atoms with E-state index in [0.717, 1.165) is 35.1 Å². The predicted octanol–water partition coefficient (Wildman–Crippen LogP) is 3.92. The summed E-state index contributed by atoms with van der Waals surface area (Å²) in [6.45, 7) is 2.51. The molecule has 0 bridgehead atoms. The lowest BCUT2D eigenvalue weighted by atomic mass is 9.98. The van der Waals surface area contributed by atoms with E-state index in [1.165, 1.54) is 0 Å². The van der Waals surface area contributed by atoms with Crippen molar-refractivity contribution in [3.8, 4) is 11.1 Å². The number of nitrogens with one attached hydrogen (secondary N) is 2. The summed E-state index contributed by atoms with van der Waals surface area (Å²) in [6.07, 6.45) is 2.13. The standard InChI is InChI=1S/C26H30N2O5/c1-2-3-12-23(24(29)27-14-16-13-21(16)25(30)31)28-26(32)33-15-22-19-10-6-4-8-17(19)18-9-5-7-11-20(18)22/h4-11,16,21-23H,2-3,12-15H2,1H3,(H,27,29)(H,28,32)(H,30,31)/t16-,21-,23?/m0/s1. The topological polar surface area (TPSA) is 105 Å². The molecule has 1 unspecified atom stereocenters. The van der Waals surface area contributed by atoms with E-state index in [2.05, 4.69) is 34.9 Å². The molecule has 2 aliphatic rings. The van der Waals surface area contributed by atoms with Gasteiger partial charge in [-0.2, -0.15) is 0 Å². The van der Waals surface area contributed by atoms with Crippen LogP contribution in [0, 0.1) is 11.8 Å². The Morgan fingerprint density at radius 1 is 1.06 bits per heavy atom. The smallest absolute Gasteiger partial charge is 0.407 e. The molecule has 4 rings (SSSR count). The minimum Gasteiger partial charge on any atom is -0.481 e. The van der Waals surface area contributed by atoms with Crippen molar-refractivity contribution >= 4 is 18.0 Å². The zero-order chi connectivity index (χ0) is 23.4. The van der Waals surface area contributed by atoms with Gasteiger partial charge in [0, 0.05) is 12.5 Å². The summed E-state index contributed by atoms with van der Waals surface area (Å²) in [7, 11) is 0. The summed E-state index contributed by atoms with van der Waals surface area (Å²) in [4.78, 5) is 36.2. The first kappa shape index (κ1) is 22.8. The van der Waals surface area contributed by atoms with Gasteiger partial charge in [-0.15, -0.1) is 0 Å². The number of aliphatic carboxylic acids is 1. The van der Waals surface area contributed by atoms with E-state index >= 15 is 0 Å². The van der Waals surface area contributed by atoms with Gasteiger partial charge in [-0.25, -0.2) is 4.79 Å². The molecule has 0 saturated heterocycles. The van der Waals surface area contributed by atoms with Crippen molar-refractivity contribution in [1.29, 1.82) is 0 Å². The van der Waals surface area contributed by atoms with Gasteiger partial charge in [-0.05, 0) is 41.0 Å². The first-order valence-electron chi connectivity index (χ1n) is 11.6. The second kappa shape index (κ2) is 10.1. The molecule has 0 heterocycles. The van der Waals surface area contributed by atoms with Gasteiger partial charge in [0.25, 0.3) is 0 Å². The fourth-order valence-corrected chi connectivity index (χ4v) is 4.59. The van der Waals surface area contributed by atoms with Crippen LogP contribution >= 0.6 is 0 Å². The van der Waals surface area contributed by atoms with Crippen molar-refractivity contribution in [2.24, 2.45) is 11.8 Å². The maximum absolute atomic E-state index is 12.7. The van der Waals surface area contributed by atoms with Gasteiger partial charge in [0.1, 0.15) is 12.6 Å². The third kappa shape index (κ3) is 5.18. The van der Waals surface area contributed by atoms with Crippen LogP contribution in [0.2, 0.25) is 0 Å². The molecule has 3 N–H and O–H groups in total. The van der Waals surface area contributed by atoms with E-state index < -0.39 is 18.1 Å². The maximum Gasteiger partial charge on any atom is 0.407 e. The van der Waals surface area contributed by atoms with E-state index in [0.29, 0.717) is 19.4 Å². The average Bonchev–Trinajstić information content (AvgIpc) is 3.54. The highest BCUT2D eigenvalue weighted by Gasteiger charge is 2.43. The lowest BCUT2D eigenvalue weighted by Crippen LogP contribution is -2.47. The number of carboxylic acids is 1. The van der Waals surface area contributed by atoms with Gasteiger partial charge in [0.2, 0.25) is 5.91 Å². The van der Waals surface area contributed by atoms with Crippen molar-refractivity contribution in [1.82, 2.24) is 10.6 Å². The molecule has 33 heavy (non-hydrogen) atoms. The molecule has 2 aliphatic carbocycles. The minimum absolute atomic E-state index is 0.0345. The highest BCUT2D eigenvalue weighted by molar-refractivity contribution is 5.86. The lowest BCUT2D eigenvalue weighted by Gasteiger charge is -2.19. The molecule has 174 valence electrons. The van der Waals surface area contributed by atoms with Crippen molar-refractivity contribution < 1.29 is 24.2 Å². The fraction of sp³-hybridized carbons (Fsp3) is 0.423. The molecule has 3 atom stereocenters. The Labute approximate surface area is 193 Å². The normalized spacial score (nSPS) is 19.2. The molecule has 1 saturated carbocycles. The number of fused-ring (bicyclic) bond motifs is 3. The largest absolute Gasteiger partial charge is 0.481 e. The first-order valence-corrected chi connectivity index (χ1v) is 11.6. The zero-order valence-corrected chi connectivity index (χ0v) is 18.8. The van der Waals surface area contributed by atoms with E-state index in [1.54, 1.807) is 0 Å². The minimum atomic E-state index is -0.825. The Bertz CT molecular complexity index is 991. The van der Waals surface area contributed by atoms with E-state index in [1.807, 2.05) is 31.2 Å². The number of ether oxygens (including phenoxy) is 1. The molecule has 2 aromatic rings. The number of unbranched alkanes of at least 4 members (excludes halogenated alkanes) is 1. The van der Waals surface area contributed by atoms with Gasteiger partial charge >= 0.3 is 12.1 Å². The Balaban J connectivity index is 1.34. The van der Waals surface area contributed by atoms with Crippen molar-refractivity contribution in [2.45, 2.75) is 44.6 Å². The van der Waals surface area contributed by atoms with Crippen LogP contribution in [0.15, 0.2) is 48.5 Å². The number of benzene rings is 2. The molecule has 0 aromatic heterocycles. The van der Waals surface area contributed by atoms with E-state index in [-0.39, 0.29) is 30.3 Å². The average molecular weight is 451 g/mol. The Morgan fingerprint density at radius 3 is 2.27 bits per heavy atom. The fourth-order valence-electron chi connectivity index (χ4n) is 4.59. The Morgan fingerprint density at radius 2 is 1.70 bits per heavy atom. The number of alkyl carbamates (subject to hydrolysis) is 1. The molecule has 7 nitrogen and oxygen atoms in total. The summed E-state index contributed by atoms with van der Waals surface area (Å²) >= 11 is 0. The number of hydrogen-bond acceptors (Lipinski definition) is 4. The molecule has 0 radical (unpaired) electrons. The predicted molar refractivity (Wildman–Crippen MR) is 124 cm³/mol. The van der Waals surface area contributed by atoms with Gasteiger partial charge in [0.15, 0.2) is 0 Å². The van der Waals surface area contributed by atoms with Crippen molar-refractivity contribution in [2.75, 3.05) is 13.2 Å². The number of carbonyl (C=O) groups excluding carboxylic acids is 2. The van der Waals surface area contributed by atoms with E-state index in [4.69, 9.17) is 9.84 Å². The number of carboxylic acid groups (broad SMARTS) is 1. The maximum atomic E-state index is 12.7. The summed E-state index contributed by atoms with van der Waals surface area (Å²) in [5.41, 5.74) is 4.57. The van der Waals surface area contributed by atoms with Crippen LogP contribution in [0.3, 0.4) is 0 Å². The summed E-state index contributed by atoms with van der Waals surface area (Å²) in [5.74, 6) is -1.59. The van der Waals surface area contributed by atoms with Gasteiger partial charge in [-0.1, -0.05) is 68.3 Å². The monoisotopic (exact) mass is 450 g/mol. The number of amides is 2. The van der Waals surface area contributed by atoms with E-state index in [9.17, 15) is 14.4 Å². The van der Waals surface area contributed by atoms with Crippen molar-refractivity contribution in [3.63, 3.8) is 0 Å². The van der Waals surface area contributed by atoms with Crippen LogP contribution < -0.4 is 10.6 Å². The highest BCUT2D eigenvalue weighted by Crippen LogP contribution is 2.44. The Kier molecular flexibility index (Phi) is 6.96. The number of rotatable bonds is 10. The molecule has 0 spiro atoms. The number of hydrogen-bond donors (Lipinski definition) is 3. The van der Waals surface area contributed by atoms with Crippen LogP contribution in [-0.2, 0) is 14.3 Å². The molecule has 0 aliphatic heterocycles. The van der Waals surface area contributed by atoms with Crippen LogP contribution in [-0.4, -0.2) is 42.3 Å². The molecule has 2 aromatic carbocycles. The zero-order valence-electron chi connectivity index (χ0n) is 18.8. The third-order valence-corrected chi connectivity index (χ3v) is 6.58. The van der Waals surface area contributed by atoms with Crippen LogP contribution in [0.5, 0.6) is 0 Å². The SMILES string of the molecule is CCCCC(NC(=O)OCC1c2ccccc2-c2ccccc21)C(=O)NC[C@@H]1C[C@@H]1C(=O)O. The molecule has 7 heteroatoms.